The van der Waals surface area contributed by atoms with Crippen LogP contribution in [-0.2, 0) is 11.8 Å². The minimum Gasteiger partial charge on any atom is -0.481 e. The smallest absolute Gasteiger partial charge is 0.296 e. The number of hydrogen-bond acceptors (Lipinski definition) is 6. The van der Waals surface area contributed by atoms with Gasteiger partial charge in [0.1, 0.15) is 5.69 Å². The van der Waals surface area contributed by atoms with Crippen molar-refractivity contribution in [2.45, 2.75) is 0 Å². The van der Waals surface area contributed by atoms with Gasteiger partial charge in [-0.15, -0.1) is 0 Å². The van der Waals surface area contributed by atoms with Crippen molar-refractivity contribution in [1.29, 1.82) is 0 Å². The predicted octanol–water partition coefficient (Wildman–Crippen LogP) is 1.40. The fourth-order valence-corrected chi connectivity index (χ4v) is 2.01. The minimum atomic E-state index is -0.515. The first kappa shape index (κ1) is 12.9. The van der Waals surface area contributed by atoms with Gasteiger partial charge in [0.15, 0.2) is 12.4 Å². The minimum absolute atomic E-state index is 0.145. The average molecular weight is 289 g/mol. The standard InChI is InChI=1S/C12H11N5O4/c1-16-5-7(4-13-16)14-8-2-9-11(3-10(8)17(19)20)21-6-12(18)15-9/h2-5,14H,6H2,1H3,(H,15,18). The lowest BCUT2D eigenvalue weighted by molar-refractivity contribution is -0.384. The number of carbonyl (C=O) groups excluding carboxylic acids is 1. The number of rotatable bonds is 3. The molecule has 9 nitrogen and oxygen atoms in total. The molecule has 0 atom stereocenters. The zero-order valence-electron chi connectivity index (χ0n) is 11.0. The van der Waals surface area contributed by atoms with E-state index >= 15 is 0 Å². The molecule has 3 rings (SSSR count). The monoisotopic (exact) mass is 289 g/mol. The lowest BCUT2D eigenvalue weighted by atomic mass is 10.2. The molecule has 1 aromatic carbocycles. The molecule has 0 saturated heterocycles. The summed E-state index contributed by atoms with van der Waals surface area (Å²) in [4.78, 5) is 22.0. The van der Waals surface area contributed by atoms with Crippen LogP contribution in [0.1, 0.15) is 0 Å². The van der Waals surface area contributed by atoms with Gasteiger partial charge >= 0.3 is 0 Å². The number of hydrogen-bond donors (Lipinski definition) is 2. The van der Waals surface area contributed by atoms with E-state index in [1.54, 1.807) is 17.9 Å². The van der Waals surface area contributed by atoms with Gasteiger partial charge in [0.2, 0.25) is 0 Å². The summed E-state index contributed by atoms with van der Waals surface area (Å²) >= 11 is 0. The van der Waals surface area contributed by atoms with E-state index in [9.17, 15) is 14.9 Å². The van der Waals surface area contributed by atoms with Crippen molar-refractivity contribution in [3.8, 4) is 5.75 Å². The second kappa shape index (κ2) is 4.78. The fraction of sp³-hybridized carbons (Fsp3) is 0.167. The summed E-state index contributed by atoms with van der Waals surface area (Å²) in [5.41, 5.74) is 1.10. The van der Waals surface area contributed by atoms with E-state index in [1.165, 1.54) is 18.3 Å². The Morgan fingerprint density at radius 2 is 2.33 bits per heavy atom. The third kappa shape index (κ3) is 2.48. The Kier molecular flexibility index (Phi) is 2.94. The highest BCUT2D eigenvalue weighted by Crippen LogP contribution is 2.38. The van der Waals surface area contributed by atoms with Gasteiger partial charge in [0.25, 0.3) is 11.6 Å². The topological polar surface area (TPSA) is 111 Å². The molecule has 0 unspecified atom stereocenters. The molecule has 0 aliphatic carbocycles. The van der Waals surface area contributed by atoms with E-state index in [2.05, 4.69) is 15.7 Å². The van der Waals surface area contributed by atoms with E-state index < -0.39 is 4.92 Å². The van der Waals surface area contributed by atoms with Crippen molar-refractivity contribution in [3.63, 3.8) is 0 Å². The number of amides is 1. The third-order valence-electron chi connectivity index (χ3n) is 2.91. The number of anilines is 3. The van der Waals surface area contributed by atoms with Gasteiger partial charge in [0.05, 0.1) is 28.6 Å². The first-order valence-electron chi connectivity index (χ1n) is 6.03. The van der Waals surface area contributed by atoms with Crippen LogP contribution in [0, 0.1) is 10.1 Å². The zero-order chi connectivity index (χ0) is 15.0. The molecular weight excluding hydrogens is 278 g/mol. The maximum absolute atomic E-state index is 11.3. The van der Waals surface area contributed by atoms with Gasteiger partial charge in [-0.05, 0) is 6.07 Å². The summed E-state index contributed by atoms with van der Waals surface area (Å²) in [5, 5.41) is 20.7. The molecule has 21 heavy (non-hydrogen) atoms. The Hall–Kier alpha value is -3.10. The van der Waals surface area contributed by atoms with Crippen LogP contribution in [0.15, 0.2) is 24.5 Å². The maximum atomic E-state index is 11.3. The van der Waals surface area contributed by atoms with Crippen molar-refractivity contribution in [1.82, 2.24) is 9.78 Å². The van der Waals surface area contributed by atoms with Crippen molar-refractivity contribution >= 4 is 28.7 Å². The number of nitro benzene ring substituents is 1. The maximum Gasteiger partial charge on any atom is 0.296 e. The number of nitrogens with zero attached hydrogens (tertiary/aromatic N) is 3. The van der Waals surface area contributed by atoms with Crippen molar-refractivity contribution in [2.24, 2.45) is 7.05 Å². The summed E-state index contributed by atoms with van der Waals surface area (Å²) < 4.78 is 6.74. The number of nitro groups is 1. The molecule has 2 aromatic rings. The number of benzene rings is 1. The van der Waals surface area contributed by atoms with Gasteiger partial charge in [0, 0.05) is 13.2 Å². The molecule has 1 aromatic heterocycles. The van der Waals surface area contributed by atoms with Gasteiger partial charge in [-0.3, -0.25) is 19.6 Å². The highest BCUT2D eigenvalue weighted by Gasteiger charge is 2.23. The zero-order valence-corrected chi connectivity index (χ0v) is 11.0. The normalized spacial score (nSPS) is 13.1. The number of nitrogens with one attached hydrogen (secondary N) is 2. The Morgan fingerprint density at radius 1 is 1.52 bits per heavy atom. The van der Waals surface area contributed by atoms with Crippen LogP contribution >= 0.6 is 0 Å². The Balaban J connectivity index is 2.02. The predicted molar refractivity (Wildman–Crippen MR) is 73.7 cm³/mol. The largest absolute Gasteiger partial charge is 0.481 e. The summed E-state index contributed by atoms with van der Waals surface area (Å²) in [6, 6.07) is 2.75. The van der Waals surface area contributed by atoms with Crippen LogP contribution in [0.2, 0.25) is 0 Å². The molecule has 0 saturated carbocycles. The molecule has 0 bridgehead atoms. The summed E-state index contributed by atoms with van der Waals surface area (Å²) in [7, 11) is 1.74. The number of ether oxygens (including phenoxy) is 1. The highest BCUT2D eigenvalue weighted by atomic mass is 16.6. The van der Waals surface area contributed by atoms with Crippen LogP contribution in [0.25, 0.3) is 0 Å². The summed E-state index contributed by atoms with van der Waals surface area (Å²) in [5.74, 6) is -0.0262. The molecule has 1 aliphatic heterocycles. The molecule has 2 N–H and O–H groups in total. The van der Waals surface area contributed by atoms with Gasteiger partial charge in [-0.25, -0.2) is 0 Å². The van der Waals surface area contributed by atoms with Gasteiger partial charge < -0.3 is 15.4 Å². The second-order valence-corrected chi connectivity index (χ2v) is 4.49. The van der Waals surface area contributed by atoms with Crippen molar-refractivity contribution in [3.05, 3.63) is 34.6 Å². The quantitative estimate of drug-likeness (QED) is 0.652. The van der Waals surface area contributed by atoms with Crippen LogP contribution in [-0.4, -0.2) is 27.2 Å². The average Bonchev–Trinajstić information content (AvgIpc) is 2.83. The van der Waals surface area contributed by atoms with Gasteiger partial charge in [-0.2, -0.15) is 5.10 Å². The Labute approximate surface area is 118 Å². The van der Waals surface area contributed by atoms with Crippen molar-refractivity contribution < 1.29 is 14.5 Å². The third-order valence-corrected chi connectivity index (χ3v) is 2.91. The van der Waals surface area contributed by atoms with Crippen LogP contribution in [0.5, 0.6) is 5.75 Å². The molecule has 0 spiro atoms. The lowest BCUT2D eigenvalue weighted by Crippen LogP contribution is -2.25. The first-order chi connectivity index (χ1) is 10.0. The molecule has 9 heteroatoms. The number of aromatic nitrogens is 2. The van der Waals surface area contributed by atoms with E-state index in [0.29, 0.717) is 11.4 Å². The van der Waals surface area contributed by atoms with Crippen LogP contribution < -0.4 is 15.4 Å². The summed E-state index contributed by atoms with van der Waals surface area (Å²) in [6.07, 6.45) is 3.22. The van der Waals surface area contributed by atoms with Crippen molar-refractivity contribution in [2.75, 3.05) is 17.2 Å². The SMILES string of the molecule is Cn1cc(Nc2cc3c(cc2[N+](=O)[O-])OCC(=O)N3)cn1. The molecular formula is C12H11N5O4. The Bertz CT molecular complexity index is 739. The second-order valence-electron chi connectivity index (χ2n) is 4.49. The van der Waals surface area contributed by atoms with E-state index in [4.69, 9.17) is 4.74 Å². The lowest BCUT2D eigenvalue weighted by Gasteiger charge is -2.18. The molecule has 1 amide bonds. The highest BCUT2D eigenvalue weighted by molar-refractivity contribution is 5.97. The molecule has 0 fully saturated rings. The van der Waals surface area contributed by atoms with Crippen LogP contribution in [0.4, 0.5) is 22.7 Å². The van der Waals surface area contributed by atoms with Crippen LogP contribution in [0.3, 0.4) is 0 Å². The number of aryl methyl sites for hydroxylation is 1. The molecule has 108 valence electrons. The Morgan fingerprint density at radius 3 is 3.00 bits per heavy atom. The molecule has 0 radical (unpaired) electrons. The first-order valence-corrected chi connectivity index (χ1v) is 6.03. The van der Waals surface area contributed by atoms with E-state index in [1.807, 2.05) is 0 Å². The molecule has 2 heterocycles. The molecule has 1 aliphatic rings. The summed E-state index contributed by atoms with van der Waals surface area (Å²) in [6.45, 7) is -0.153. The number of fused-ring (bicyclic) bond motifs is 1. The van der Waals surface area contributed by atoms with E-state index in [-0.39, 0.29) is 29.6 Å². The fourth-order valence-electron chi connectivity index (χ4n) is 2.01. The van der Waals surface area contributed by atoms with E-state index in [0.717, 1.165) is 0 Å². The van der Waals surface area contributed by atoms with Gasteiger partial charge in [-0.1, -0.05) is 0 Å². The number of carbonyl (C=O) groups is 1.